The van der Waals surface area contributed by atoms with Gasteiger partial charge in [0.05, 0.1) is 4.90 Å². The lowest BCUT2D eigenvalue weighted by molar-refractivity contribution is -0.137. The minimum atomic E-state index is -3.71. The number of carboxylic acid groups (broad SMARTS) is 1. The highest BCUT2D eigenvalue weighted by Crippen LogP contribution is 2.34. The fourth-order valence-corrected chi connectivity index (χ4v) is 6.59. The van der Waals surface area contributed by atoms with E-state index in [1.54, 1.807) is 28.7 Å². The number of carboxylic acids is 1. The number of aromatic amines is 2. The third-order valence-corrected chi connectivity index (χ3v) is 8.57. The summed E-state index contributed by atoms with van der Waals surface area (Å²) in [6, 6.07) is 5.08. The van der Waals surface area contributed by atoms with Crippen LogP contribution >= 0.6 is 0 Å². The number of pyridine rings is 1. The van der Waals surface area contributed by atoms with Crippen molar-refractivity contribution in [2.45, 2.75) is 61.9 Å². The number of aliphatic carboxylic acids is 1. The zero-order valence-electron chi connectivity index (χ0n) is 18.3. The maximum absolute atomic E-state index is 13.7. The van der Waals surface area contributed by atoms with Gasteiger partial charge in [0.25, 0.3) is 5.56 Å². The topological polar surface area (TPSA) is 135 Å². The first kappa shape index (κ1) is 22.1. The minimum absolute atomic E-state index is 0.0268. The van der Waals surface area contributed by atoms with Gasteiger partial charge in [-0.3, -0.25) is 9.59 Å². The van der Waals surface area contributed by atoms with Gasteiger partial charge in [-0.1, -0.05) is 0 Å². The summed E-state index contributed by atoms with van der Waals surface area (Å²) in [4.78, 5) is 29.5. The van der Waals surface area contributed by atoms with E-state index < -0.39 is 16.0 Å². The van der Waals surface area contributed by atoms with Crippen LogP contribution in [0.15, 0.2) is 34.1 Å². The number of benzene rings is 1. The Hall–Kier alpha value is -2.69. The summed E-state index contributed by atoms with van der Waals surface area (Å²) < 4.78 is 29.0. The number of fused-ring (bicyclic) bond motifs is 3. The average molecular weight is 473 g/mol. The molecule has 1 saturated carbocycles. The third-order valence-electron chi connectivity index (χ3n) is 6.66. The highest BCUT2D eigenvalue weighted by atomic mass is 32.2. The van der Waals surface area contributed by atoms with E-state index in [2.05, 4.69) is 15.3 Å². The van der Waals surface area contributed by atoms with Crippen LogP contribution in [0.2, 0.25) is 0 Å². The van der Waals surface area contributed by atoms with Crippen molar-refractivity contribution < 1.29 is 18.3 Å². The van der Waals surface area contributed by atoms with Gasteiger partial charge < -0.3 is 20.4 Å². The van der Waals surface area contributed by atoms with Gasteiger partial charge in [0.1, 0.15) is 5.52 Å². The molecule has 1 aromatic carbocycles. The van der Waals surface area contributed by atoms with Crippen LogP contribution in [0.4, 0.5) is 0 Å². The van der Waals surface area contributed by atoms with Gasteiger partial charge in [-0.25, -0.2) is 8.42 Å². The summed E-state index contributed by atoms with van der Waals surface area (Å²) >= 11 is 0. The molecule has 176 valence electrons. The Morgan fingerprint density at radius 2 is 2.03 bits per heavy atom. The van der Waals surface area contributed by atoms with Crippen LogP contribution in [0.3, 0.4) is 0 Å². The molecule has 3 aromatic rings. The van der Waals surface area contributed by atoms with Crippen LogP contribution in [-0.2, 0) is 21.2 Å². The number of aryl methyl sites for hydroxylation is 1. The van der Waals surface area contributed by atoms with E-state index in [4.69, 9.17) is 5.11 Å². The van der Waals surface area contributed by atoms with Crippen LogP contribution in [0.25, 0.3) is 21.8 Å². The molecule has 0 radical (unpaired) electrons. The molecule has 0 bridgehead atoms. The lowest BCUT2D eigenvalue weighted by Gasteiger charge is -2.25. The smallest absolute Gasteiger partial charge is 0.303 e. The van der Waals surface area contributed by atoms with Gasteiger partial charge in [-0.15, -0.1) is 0 Å². The summed E-state index contributed by atoms with van der Waals surface area (Å²) in [5.41, 5.74) is 1.45. The number of nitrogens with zero attached hydrogens (tertiary/aromatic N) is 1. The fourth-order valence-electron chi connectivity index (χ4n) is 4.83. The summed E-state index contributed by atoms with van der Waals surface area (Å²) in [6.45, 7) is 1.39. The Morgan fingerprint density at radius 1 is 1.21 bits per heavy atom. The number of aromatic nitrogens is 2. The molecule has 2 aromatic heterocycles. The molecule has 1 aliphatic carbocycles. The second-order valence-electron chi connectivity index (χ2n) is 9.07. The molecule has 1 aliphatic heterocycles. The van der Waals surface area contributed by atoms with Crippen LogP contribution in [0, 0.1) is 0 Å². The Morgan fingerprint density at radius 3 is 2.73 bits per heavy atom. The molecular weight excluding hydrogens is 444 g/mol. The van der Waals surface area contributed by atoms with Crippen molar-refractivity contribution in [1.29, 1.82) is 0 Å². The standard InChI is InChI=1S/C23H28N4O5S/c28-20(29)5-1-3-14-12-25-22-21(14)18-11-17(8-9-19(18)26-23(22)30)33(31,32)27(16-6-7-16)13-15-4-2-10-24-15/h8-9,11-12,15-16,24-25H,1-7,10,13H2,(H,26,30)(H,28,29). The van der Waals surface area contributed by atoms with Crippen molar-refractivity contribution in [2.24, 2.45) is 0 Å². The number of H-pyrrole nitrogens is 2. The van der Waals surface area contributed by atoms with E-state index in [0.717, 1.165) is 37.8 Å². The quantitative estimate of drug-likeness (QED) is 0.377. The summed E-state index contributed by atoms with van der Waals surface area (Å²) in [5, 5.41) is 13.7. The Bertz CT molecular complexity index is 1370. The summed E-state index contributed by atoms with van der Waals surface area (Å²) in [6.07, 6.45) is 6.43. The lowest BCUT2D eigenvalue weighted by Crippen LogP contribution is -2.42. The van der Waals surface area contributed by atoms with E-state index in [1.165, 1.54) is 0 Å². The molecule has 1 atom stereocenters. The van der Waals surface area contributed by atoms with Crippen LogP contribution in [0.1, 0.15) is 44.1 Å². The molecule has 10 heteroatoms. The number of hydrogen-bond donors (Lipinski definition) is 4. The SMILES string of the molecule is O=C(O)CCCc1c[nH]c2c(=O)[nH]c3ccc(S(=O)(=O)N(CC4CCCN4)C4CC4)cc3c12. The largest absolute Gasteiger partial charge is 0.481 e. The molecule has 2 aliphatic rings. The molecule has 4 N–H and O–H groups in total. The average Bonchev–Trinajstić information content (AvgIpc) is 3.29. The molecule has 33 heavy (non-hydrogen) atoms. The molecule has 9 nitrogen and oxygen atoms in total. The second-order valence-corrected chi connectivity index (χ2v) is 11.0. The molecule has 1 unspecified atom stereocenters. The zero-order valence-corrected chi connectivity index (χ0v) is 19.1. The number of nitrogens with one attached hydrogen (secondary N) is 3. The minimum Gasteiger partial charge on any atom is -0.481 e. The van der Waals surface area contributed by atoms with Crippen LogP contribution in [0.5, 0.6) is 0 Å². The van der Waals surface area contributed by atoms with Gasteiger partial charge in [0.2, 0.25) is 10.0 Å². The Kier molecular flexibility index (Phi) is 5.75. The molecule has 0 amide bonds. The Labute approximate surface area is 191 Å². The van der Waals surface area contributed by atoms with Gasteiger partial charge in [-0.2, -0.15) is 4.31 Å². The maximum atomic E-state index is 13.7. The molecule has 3 heterocycles. The van der Waals surface area contributed by atoms with Crippen LogP contribution in [-0.4, -0.2) is 58.9 Å². The van der Waals surface area contributed by atoms with Crippen molar-refractivity contribution in [3.8, 4) is 0 Å². The van der Waals surface area contributed by atoms with Crippen molar-refractivity contribution in [3.63, 3.8) is 0 Å². The van der Waals surface area contributed by atoms with Crippen LogP contribution < -0.4 is 10.9 Å². The Balaban J connectivity index is 1.56. The molecule has 5 rings (SSSR count). The van der Waals surface area contributed by atoms with E-state index in [1.807, 2.05) is 0 Å². The normalized spacial score (nSPS) is 19.1. The summed E-state index contributed by atoms with van der Waals surface area (Å²) in [7, 11) is -3.71. The maximum Gasteiger partial charge on any atom is 0.303 e. The number of sulfonamides is 1. The first-order valence-corrected chi connectivity index (χ1v) is 12.9. The first-order chi connectivity index (χ1) is 15.8. The lowest BCUT2D eigenvalue weighted by atomic mass is 10.0. The van der Waals surface area contributed by atoms with E-state index in [-0.39, 0.29) is 29.0 Å². The molecule has 0 spiro atoms. The highest BCUT2D eigenvalue weighted by Gasteiger charge is 2.39. The van der Waals surface area contributed by atoms with Gasteiger partial charge in [0, 0.05) is 47.5 Å². The van der Waals surface area contributed by atoms with E-state index in [0.29, 0.717) is 41.2 Å². The van der Waals surface area contributed by atoms with E-state index in [9.17, 15) is 18.0 Å². The van der Waals surface area contributed by atoms with Gasteiger partial charge in [-0.05, 0) is 68.8 Å². The van der Waals surface area contributed by atoms with E-state index >= 15 is 0 Å². The molecule has 1 saturated heterocycles. The fraction of sp³-hybridized carbons (Fsp3) is 0.478. The van der Waals surface area contributed by atoms with Crippen molar-refractivity contribution >= 4 is 37.8 Å². The second kappa shape index (κ2) is 8.58. The molecule has 2 fully saturated rings. The zero-order chi connectivity index (χ0) is 23.2. The number of carbonyl (C=O) groups is 1. The molecular formula is C23H28N4O5S. The third kappa shape index (κ3) is 4.30. The predicted octanol–water partition coefficient (Wildman–Crippen LogP) is 2.32. The first-order valence-electron chi connectivity index (χ1n) is 11.5. The predicted molar refractivity (Wildman–Crippen MR) is 125 cm³/mol. The number of rotatable bonds is 9. The van der Waals surface area contributed by atoms with Gasteiger partial charge in [0.15, 0.2) is 0 Å². The van der Waals surface area contributed by atoms with Gasteiger partial charge >= 0.3 is 5.97 Å². The highest BCUT2D eigenvalue weighted by molar-refractivity contribution is 7.89. The van der Waals surface area contributed by atoms with Crippen molar-refractivity contribution in [2.75, 3.05) is 13.1 Å². The van der Waals surface area contributed by atoms with Crippen molar-refractivity contribution in [3.05, 3.63) is 40.3 Å². The van der Waals surface area contributed by atoms with Crippen molar-refractivity contribution in [1.82, 2.24) is 19.6 Å². The summed E-state index contributed by atoms with van der Waals surface area (Å²) in [5.74, 6) is -0.872. The number of hydrogen-bond acceptors (Lipinski definition) is 5. The monoisotopic (exact) mass is 472 g/mol.